The molecule has 1 aromatic rings. The Bertz CT molecular complexity index is 313. The first-order chi connectivity index (χ1) is 7.15. The van der Waals surface area contributed by atoms with E-state index in [4.69, 9.17) is 17.3 Å². The molecule has 1 nitrogen and oxygen atoms in total. The van der Waals surface area contributed by atoms with E-state index in [0.717, 1.165) is 22.6 Å². The topological polar surface area (TPSA) is 26.0 Å². The second-order valence-electron chi connectivity index (χ2n) is 4.11. The maximum absolute atomic E-state index is 6.10. The largest absolute Gasteiger partial charge is 0.324 e. The number of nitrogens with two attached hydrogens (primary N) is 1. The predicted octanol–water partition coefficient (Wildman–Crippen LogP) is 4.65. The van der Waals surface area contributed by atoms with Crippen LogP contribution in [-0.4, -0.2) is 0 Å². The number of halogens is 2. The molecule has 2 N–H and O–H groups in total. The van der Waals surface area contributed by atoms with Gasteiger partial charge in [0, 0.05) is 11.1 Å². The molecule has 0 amide bonds. The van der Waals surface area contributed by atoms with Crippen molar-refractivity contribution in [2.75, 3.05) is 0 Å². The van der Waals surface area contributed by atoms with E-state index in [1.807, 2.05) is 19.1 Å². The summed E-state index contributed by atoms with van der Waals surface area (Å²) in [6.45, 7) is 4.21. The minimum atomic E-state index is 0. The van der Waals surface area contributed by atoms with Gasteiger partial charge in [0.1, 0.15) is 0 Å². The quantitative estimate of drug-likeness (QED) is 0.768. The van der Waals surface area contributed by atoms with Crippen LogP contribution in [0, 0.1) is 6.92 Å². The highest BCUT2D eigenvalue weighted by atomic mass is 35.5. The van der Waals surface area contributed by atoms with Crippen LogP contribution >= 0.6 is 24.0 Å². The summed E-state index contributed by atoms with van der Waals surface area (Å²) in [7, 11) is 0. The van der Waals surface area contributed by atoms with Crippen LogP contribution in [0.4, 0.5) is 0 Å². The Kier molecular flexibility index (Phi) is 7.82. The molecule has 0 bridgehead atoms. The monoisotopic (exact) mass is 261 g/mol. The van der Waals surface area contributed by atoms with Crippen LogP contribution < -0.4 is 5.73 Å². The van der Waals surface area contributed by atoms with Gasteiger partial charge in [0.05, 0.1) is 0 Å². The molecule has 0 radical (unpaired) electrons. The van der Waals surface area contributed by atoms with Crippen LogP contribution in [0.15, 0.2) is 18.2 Å². The minimum absolute atomic E-state index is 0. The van der Waals surface area contributed by atoms with Crippen molar-refractivity contribution in [3.63, 3.8) is 0 Å². The summed E-state index contributed by atoms with van der Waals surface area (Å²) in [5.74, 6) is 0. The molecule has 0 fully saturated rings. The van der Waals surface area contributed by atoms with Crippen LogP contribution in [0.25, 0.3) is 0 Å². The van der Waals surface area contributed by atoms with Crippen molar-refractivity contribution >= 4 is 24.0 Å². The fraction of sp³-hybridized carbons (Fsp3) is 0.538. The molecule has 92 valence electrons. The molecule has 16 heavy (non-hydrogen) atoms. The summed E-state index contributed by atoms with van der Waals surface area (Å²) in [6, 6.07) is 6.25. The molecule has 0 saturated heterocycles. The summed E-state index contributed by atoms with van der Waals surface area (Å²) < 4.78 is 0. The van der Waals surface area contributed by atoms with Crippen LogP contribution in [0.2, 0.25) is 5.02 Å². The summed E-state index contributed by atoms with van der Waals surface area (Å²) in [5, 5.41) is 0.818. The van der Waals surface area contributed by atoms with Crippen molar-refractivity contribution in [1.29, 1.82) is 0 Å². The maximum atomic E-state index is 6.10. The molecule has 0 heterocycles. The number of aryl methyl sites for hydroxylation is 1. The standard InChI is InChI=1S/C13H20ClN.ClH/c1-3-4-5-6-13(15)11-8-7-10(2)12(14)9-11;/h7-9,13H,3-6,15H2,1-2H3;1H/t13-;/m0./s1. The summed E-state index contributed by atoms with van der Waals surface area (Å²) in [4.78, 5) is 0. The Morgan fingerprint density at radius 2 is 2.00 bits per heavy atom. The molecule has 3 heteroatoms. The van der Waals surface area contributed by atoms with Crippen molar-refractivity contribution < 1.29 is 0 Å². The van der Waals surface area contributed by atoms with Gasteiger partial charge >= 0.3 is 0 Å². The smallest absolute Gasteiger partial charge is 0.0438 e. The van der Waals surface area contributed by atoms with E-state index in [9.17, 15) is 0 Å². The highest BCUT2D eigenvalue weighted by molar-refractivity contribution is 6.31. The predicted molar refractivity (Wildman–Crippen MR) is 74.5 cm³/mol. The Labute approximate surface area is 110 Å². The van der Waals surface area contributed by atoms with Gasteiger partial charge in [-0.2, -0.15) is 0 Å². The Morgan fingerprint density at radius 3 is 2.56 bits per heavy atom. The second-order valence-corrected chi connectivity index (χ2v) is 4.52. The molecule has 0 saturated carbocycles. The number of rotatable bonds is 5. The molecule has 0 aliphatic heterocycles. The van der Waals surface area contributed by atoms with Gasteiger partial charge in [-0.25, -0.2) is 0 Å². The first-order valence-electron chi connectivity index (χ1n) is 5.66. The van der Waals surface area contributed by atoms with E-state index in [1.54, 1.807) is 0 Å². The average molecular weight is 262 g/mol. The first-order valence-corrected chi connectivity index (χ1v) is 6.04. The lowest BCUT2D eigenvalue weighted by molar-refractivity contribution is 0.581. The Hall–Kier alpha value is -0.240. The lowest BCUT2D eigenvalue weighted by Gasteiger charge is -2.12. The molecule has 0 aliphatic carbocycles. The van der Waals surface area contributed by atoms with Crippen molar-refractivity contribution in [2.24, 2.45) is 5.73 Å². The molecule has 1 aromatic carbocycles. The van der Waals surface area contributed by atoms with E-state index < -0.39 is 0 Å². The molecule has 1 atom stereocenters. The molecular formula is C13H21Cl2N. The Balaban J connectivity index is 0.00000225. The van der Waals surface area contributed by atoms with E-state index in [2.05, 4.69) is 13.0 Å². The van der Waals surface area contributed by atoms with E-state index in [0.29, 0.717) is 0 Å². The number of hydrogen-bond acceptors (Lipinski definition) is 1. The molecule has 0 spiro atoms. The average Bonchev–Trinajstić information content (AvgIpc) is 2.22. The van der Waals surface area contributed by atoms with Gasteiger partial charge in [0.2, 0.25) is 0 Å². The van der Waals surface area contributed by atoms with Crippen LogP contribution in [0.3, 0.4) is 0 Å². The second kappa shape index (κ2) is 7.94. The van der Waals surface area contributed by atoms with Crippen LogP contribution in [0.5, 0.6) is 0 Å². The van der Waals surface area contributed by atoms with Crippen molar-refractivity contribution in [3.8, 4) is 0 Å². The maximum Gasteiger partial charge on any atom is 0.0438 e. The third kappa shape index (κ3) is 4.73. The van der Waals surface area contributed by atoms with Gasteiger partial charge in [-0.3, -0.25) is 0 Å². The number of unbranched alkanes of at least 4 members (excludes halogenated alkanes) is 2. The van der Waals surface area contributed by atoms with Gasteiger partial charge in [0.25, 0.3) is 0 Å². The third-order valence-electron chi connectivity index (χ3n) is 2.74. The zero-order valence-corrected chi connectivity index (χ0v) is 11.6. The molecule has 0 aromatic heterocycles. The van der Waals surface area contributed by atoms with Crippen molar-refractivity contribution in [2.45, 2.75) is 45.6 Å². The van der Waals surface area contributed by atoms with E-state index >= 15 is 0 Å². The summed E-state index contributed by atoms with van der Waals surface area (Å²) in [5.41, 5.74) is 8.36. The highest BCUT2D eigenvalue weighted by Crippen LogP contribution is 2.23. The van der Waals surface area contributed by atoms with Gasteiger partial charge in [0.15, 0.2) is 0 Å². The zero-order chi connectivity index (χ0) is 11.3. The fourth-order valence-corrected chi connectivity index (χ4v) is 1.81. The lowest BCUT2D eigenvalue weighted by atomic mass is 10.0. The fourth-order valence-electron chi connectivity index (χ4n) is 1.62. The Morgan fingerprint density at radius 1 is 1.31 bits per heavy atom. The van der Waals surface area contributed by atoms with Crippen LogP contribution in [-0.2, 0) is 0 Å². The number of hydrogen-bond donors (Lipinski definition) is 1. The minimum Gasteiger partial charge on any atom is -0.324 e. The highest BCUT2D eigenvalue weighted by Gasteiger charge is 2.06. The van der Waals surface area contributed by atoms with Crippen molar-refractivity contribution in [3.05, 3.63) is 34.3 Å². The van der Waals surface area contributed by atoms with Crippen molar-refractivity contribution in [1.82, 2.24) is 0 Å². The van der Waals surface area contributed by atoms with E-state index in [1.165, 1.54) is 19.3 Å². The van der Waals surface area contributed by atoms with Gasteiger partial charge in [-0.1, -0.05) is 49.9 Å². The van der Waals surface area contributed by atoms with Gasteiger partial charge < -0.3 is 5.73 Å². The molecule has 0 unspecified atom stereocenters. The molecule has 1 rings (SSSR count). The molecular weight excluding hydrogens is 241 g/mol. The van der Waals surface area contributed by atoms with Crippen LogP contribution in [0.1, 0.15) is 49.8 Å². The number of benzene rings is 1. The molecule has 0 aliphatic rings. The SMILES string of the molecule is CCCCC[C@H](N)c1ccc(C)c(Cl)c1.Cl. The first kappa shape index (κ1) is 15.8. The normalized spacial score (nSPS) is 12.0. The summed E-state index contributed by atoms with van der Waals surface area (Å²) >= 11 is 6.06. The lowest BCUT2D eigenvalue weighted by Crippen LogP contribution is -2.10. The summed E-state index contributed by atoms with van der Waals surface area (Å²) in [6.07, 6.45) is 4.74. The third-order valence-corrected chi connectivity index (χ3v) is 3.15. The van der Waals surface area contributed by atoms with E-state index in [-0.39, 0.29) is 18.4 Å². The zero-order valence-electron chi connectivity index (χ0n) is 10.0. The van der Waals surface area contributed by atoms with Gasteiger partial charge in [-0.15, -0.1) is 12.4 Å². The van der Waals surface area contributed by atoms with Gasteiger partial charge in [-0.05, 0) is 30.5 Å².